The van der Waals surface area contributed by atoms with Crippen molar-refractivity contribution in [3.8, 4) is 28.7 Å². The van der Waals surface area contributed by atoms with Crippen LogP contribution in [0.15, 0.2) is 34.8 Å². The number of pyridine rings is 1. The highest BCUT2D eigenvalue weighted by Gasteiger charge is 2.34. The summed E-state index contributed by atoms with van der Waals surface area (Å²) < 4.78 is 23.9. The quantitative estimate of drug-likeness (QED) is 0.211. The van der Waals surface area contributed by atoms with Crippen molar-refractivity contribution in [2.45, 2.75) is 50.9 Å². The third-order valence-electron chi connectivity index (χ3n) is 9.22. The number of hydrogen-bond acceptors (Lipinski definition) is 11. The fourth-order valence-corrected chi connectivity index (χ4v) is 6.71. The Morgan fingerprint density at radius 3 is 2.39 bits per heavy atom. The number of ether oxygens (including phenoxy) is 4. The molecule has 0 unspecified atom stereocenters. The number of nitriles is 1. The topological polar surface area (TPSA) is 144 Å². The number of amides is 1. The summed E-state index contributed by atoms with van der Waals surface area (Å²) in [6, 6.07) is 5.58. The number of carbonyl (C=O) groups is 1. The number of anilines is 1. The molecule has 0 atom stereocenters. The van der Waals surface area contributed by atoms with E-state index >= 15 is 0 Å². The van der Waals surface area contributed by atoms with Gasteiger partial charge in [0.25, 0.3) is 11.5 Å². The first-order valence-corrected chi connectivity index (χ1v) is 16.7. The smallest absolute Gasteiger partial charge is 0.264 e. The molecule has 0 radical (unpaired) electrons. The fraction of sp³-hybridized carbons (Fsp3) is 0.500. The molecule has 2 aliphatic heterocycles. The van der Waals surface area contributed by atoms with Gasteiger partial charge in [-0.2, -0.15) is 10.2 Å². The van der Waals surface area contributed by atoms with Gasteiger partial charge in [-0.3, -0.25) is 19.1 Å². The number of methoxy groups -OCH3 is 2. The van der Waals surface area contributed by atoms with Crippen LogP contribution in [0.1, 0.15) is 26.7 Å². The van der Waals surface area contributed by atoms with Gasteiger partial charge >= 0.3 is 0 Å². The number of carbonyl (C=O) groups excluding carboxylic acids is 1. The van der Waals surface area contributed by atoms with Crippen LogP contribution in [-0.4, -0.2) is 109 Å². The molecular weight excluding hydrogens is 673 g/mol. The fourth-order valence-electron chi connectivity index (χ4n) is 6.01. The summed E-state index contributed by atoms with van der Waals surface area (Å²) in [7, 11) is 6.60. The van der Waals surface area contributed by atoms with Gasteiger partial charge in [0.15, 0.2) is 0 Å². The van der Waals surface area contributed by atoms with E-state index in [1.165, 1.54) is 18.8 Å². The number of likely N-dealkylation sites (N-methyl/N-ethyl adjacent to an activating group) is 1. The zero-order chi connectivity index (χ0) is 35.5. The second kappa shape index (κ2) is 15.3. The molecule has 1 amide bonds. The van der Waals surface area contributed by atoms with E-state index in [1.54, 1.807) is 36.4 Å². The van der Waals surface area contributed by atoms with E-state index < -0.39 is 5.54 Å². The van der Waals surface area contributed by atoms with Gasteiger partial charge in [0.05, 0.1) is 68.3 Å². The number of hydrogen-bond donors (Lipinski definition) is 1. The van der Waals surface area contributed by atoms with Crippen molar-refractivity contribution in [1.29, 1.82) is 5.26 Å². The van der Waals surface area contributed by atoms with E-state index in [0.29, 0.717) is 67.6 Å². The summed E-state index contributed by atoms with van der Waals surface area (Å²) in [5.41, 5.74) is 0.154. The number of halogens is 2. The normalized spacial score (nSPS) is 16.1. The highest BCUT2D eigenvalue weighted by atomic mass is 35.5. The minimum atomic E-state index is -0.496. The molecule has 1 N–H and O–H groups in total. The Bertz CT molecular complexity index is 1820. The van der Waals surface area contributed by atoms with Crippen molar-refractivity contribution < 1.29 is 23.7 Å². The van der Waals surface area contributed by atoms with Gasteiger partial charge in [-0.15, -0.1) is 0 Å². The van der Waals surface area contributed by atoms with Crippen LogP contribution in [0.5, 0.6) is 11.5 Å². The Kier molecular flexibility index (Phi) is 11.4. The predicted molar refractivity (Wildman–Crippen MR) is 188 cm³/mol. The molecule has 1 aromatic carbocycles. The summed E-state index contributed by atoms with van der Waals surface area (Å²) >= 11 is 13.4. The van der Waals surface area contributed by atoms with Gasteiger partial charge in [-0.25, -0.2) is 4.98 Å². The molecule has 5 rings (SSSR count). The number of nitrogens with zero attached hydrogens (tertiary/aromatic N) is 6. The standard InChI is InChI=1S/C34H41Cl2N7O6/c1-34(2,41(4)22-18-48-19-22)15-21(16-37)31(44)42-9-7-23(8-10-42)49-12-11-43-30-20(17-39-33(38-3)40-30)13-24(32(43)45)27-28(35)25(46-5)14-26(47-6)29(27)36/h13-15,17,22-23H,7-12,18-19H2,1-6H3,(H,38,39,40). The first-order valence-electron chi connectivity index (χ1n) is 16.0. The average Bonchev–Trinajstić information content (AvgIpc) is 3.07. The van der Waals surface area contributed by atoms with Crippen LogP contribution in [0.3, 0.4) is 0 Å². The predicted octanol–water partition coefficient (Wildman–Crippen LogP) is 4.39. The van der Waals surface area contributed by atoms with E-state index in [9.17, 15) is 14.9 Å². The van der Waals surface area contributed by atoms with Crippen molar-refractivity contribution in [2.75, 3.05) is 66.5 Å². The lowest BCUT2D eigenvalue weighted by Gasteiger charge is -2.43. The number of fused-ring (bicyclic) bond motifs is 1. The van der Waals surface area contributed by atoms with E-state index in [2.05, 4.69) is 26.3 Å². The number of rotatable bonds is 12. The SMILES string of the molecule is CNc1ncc2cc(-c3c(Cl)c(OC)cc(OC)c3Cl)c(=O)n(CCOC3CCN(C(=O)C(C#N)=CC(C)(C)N(C)C4COC4)CC3)c2n1. The molecule has 0 bridgehead atoms. The molecule has 0 saturated carbocycles. The number of piperidine rings is 1. The van der Waals surface area contributed by atoms with Gasteiger partial charge in [-0.1, -0.05) is 23.2 Å². The first kappa shape index (κ1) is 36.4. The molecular formula is C34H41Cl2N7O6. The van der Waals surface area contributed by atoms with Gasteiger partial charge in [-0.05, 0) is 45.9 Å². The molecule has 2 aliphatic rings. The van der Waals surface area contributed by atoms with Crippen molar-refractivity contribution in [3.63, 3.8) is 0 Å². The molecule has 2 aromatic heterocycles. The van der Waals surface area contributed by atoms with Crippen LogP contribution in [0, 0.1) is 11.3 Å². The molecule has 0 aliphatic carbocycles. The second-order valence-corrected chi connectivity index (χ2v) is 13.3. The maximum Gasteiger partial charge on any atom is 0.264 e. The lowest BCUT2D eigenvalue weighted by atomic mass is 9.96. The van der Waals surface area contributed by atoms with E-state index in [4.69, 9.17) is 42.1 Å². The van der Waals surface area contributed by atoms with Crippen LogP contribution in [0.2, 0.25) is 10.0 Å². The lowest BCUT2D eigenvalue weighted by Crippen LogP contribution is -2.55. The van der Waals surface area contributed by atoms with Gasteiger partial charge in [0.2, 0.25) is 5.95 Å². The maximum atomic E-state index is 14.1. The number of likely N-dealkylation sites (tertiary alicyclic amines) is 1. The van der Waals surface area contributed by atoms with Crippen molar-refractivity contribution in [3.05, 3.63) is 50.4 Å². The monoisotopic (exact) mass is 713 g/mol. The summed E-state index contributed by atoms with van der Waals surface area (Å²) in [5, 5.41) is 13.7. The average molecular weight is 715 g/mol. The van der Waals surface area contributed by atoms with Crippen molar-refractivity contribution >= 4 is 46.1 Å². The van der Waals surface area contributed by atoms with Gasteiger partial charge < -0.3 is 29.2 Å². The van der Waals surface area contributed by atoms with Crippen LogP contribution < -0.4 is 20.3 Å². The van der Waals surface area contributed by atoms with Crippen LogP contribution in [0.25, 0.3) is 22.2 Å². The van der Waals surface area contributed by atoms with E-state index in [1.807, 2.05) is 20.9 Å². The Labute approximate surface area is 295 Å². The lowest BCUT2D eigenvalue weighted by molar-refractivity contribution is -0.129. The highest BCUT2D eigenvalue weighted by Crippen LogP contribution is 2.45. The van der Waals surface area contributed by atoms with E-state index in [-0.39, 0.29) is 63.5 Å². The molecule has 49 heavy (non-hydrogen) atoms. The number of aromatic nitrogens is 3. The minimum Gasteiger partial charge on any atom is -0.495 e. The largest absolute Gasteiger partial charge is 0.495 e. The molecule has 2 saturated heterocycles. The van der Waals surface area contributed by atoms with Crippen LogP contribution in [0.4, 0.5) is 5.95 Å². The molecule has 262 valence electrons. The Morgan fingerprint density at radius 2 is 1.84 bits per heavy atom. The summed E-state index contributed by atoms with van der Waals surface area (Å²) in [6.07, 6.45) is 4.40. The first-order chi connectivity index (χ1) is 23.4. The van der Waals surface area contributed by atoms with Crippen LogP contribution >= 0.6 is 23.2 Å². The minimum absolute atomic E-state index is 0.124. The summed E-state index contributed by atoms with van der Waals surface area (Å²) in [6.45, 7) is 6.52. The molecule has 4 heterocycles. The molecule has 15 heteroatoms. The number of benzene rings is 1. The van der Waals surface area contributed by atoms with Crippen molar-refractivity contribution in [1.82, 2.24) is 24.3 Å². The summed E-state index contributed by atoms with van der Waals surface area (Å²) in [5.74, 6) is 0.671. The highest BCUT2D eigenvalue weighted by molar-refractivity contribution is 6.41. The third-order valence-corrected chi connectivity index (χ3v) is 9.97. The third kappa shape index (κ3) is 7.49. The van der Waals surface area contributed by atoms with Crippen LogP contribution in [-0.2, 0) is 20.8 Å². The van der Waals surface area contributed by atoms with Gasteiger partial charge in [0, 0.05) is 48.9 Å². The zero-order valence-electron chi connectivity index (χ0n) is 28.5. The van der Waals surface area contributed by atoms with Crippen molar-refractivity contribution in [2.24, 2.45) is 0 Å². The number of nitrogens with one attached hydrogen (secondary N) is 1. The zero-order valence-corrected chi connectivity index (χ0v) is 30.0. The molecule has 2 fully saturated rings. The maximum absolute atomic E-state index is 14.1. The van der Waals surface area contributed by atoms with E-state index in [0.717, 1.165) is 0 Å². The Hall–Kier alpha value is -3.93. The molecule has 3 aromatic rings. The summed E-state index contributed by atoms with van der Waals surface area (Å²) in [4.78, 5) is 40.2. The second-order valence-electron chi connectivity index (χ2n) is 12.5. The van der Waals surface area contributed by atoms with Gasteiger partial charge in [0.1, 0.15) is 28.8 Å². The Morgan fingerprint density at radius 1 is 1.18 bits per heavy atom. The molecule has 0 spiro atoms. The molecule has 13 nitrogen and oxygen atoms in total. The Balaban J connectivity index is 1.32.